The van der Waals surface area contributed by atoms with E-state index in [4.69, 9.17) is 5.73 Å². The van der Waals surface area contributed by atoms with Gasteiger partial charge in [0.25, 0.3) is 0 Å². The van der Waals surface area contributed by atoms with Gasteiger partial charge >= 0.3 is 0 Å². The van der Waals surface area contributed by atoms with Crippen LogP contribution in [0.1, 0.15) is 35.6 Å². The molecule has 0 aromatic heterocycles. The molecule has 2 nitrogen and oxygen atoms in total. The van der Waals surface area contributed by atoms with Gasteiger partial charge in [0.1, 0.15) is 0 Å². The lowest BCUT2D eigenvalue weighted by Crippen LogP contribution is -2.43. The van der Waals surface area contributed by atoms with Gasteiger partial charge in [-0.1, -0.05) is 52.3 Å². The first kappa shape index (κ1) is 14.8. The van der Waals surface area contributed by atoms with E-state index < -0.39 is 6.10 Å². The molecular formula is C18H20BrNO. The molecule has 21 heavy (non-hydrogen) atoms. The molecule has 0 bridgehead atoms. The van der Waals surface area contributed by atoms with Gasteiger partial charge in [-0.3, -0.25) is 0 Å². The number of aliphatic hydroxyl groups excluding tert-OH is 1. The van der Waals surface area contributed by atoms with Gasteiger partial charge < -0.3 is 10.8 Å². The molecule has 2 unspecified atom stereocenters. The lowest BCUT2D eigenvalue weighted by Gasteiger charge is -2.42. The molecule has 0 radical (unpaired) electrons. The monoisotopic (exact) mass is 345 g/mol. The summed E-state index contributed by atoms with van der Waals surface area (Å²) in [6.45, 7) is 0.460. The molecule has 2 aromatic carbocycles. The number of rotatable bonds is 3. The summed E-state index contributed by atoms with van der Waals surface area (Å²) in [4.78, 5) is 0. The molecule has 0 spiro atoms. The quantitative estimate of drug-likeness (QED) is 0.890. The van der Waals surface area contributed by atoms with Crippen molar-refractivity contribution >= 4 is 15.9 Å². The van der Waals surface area contributed by atoms with Crippen molar-refractivity contribution in [2.24, 2.45) is 5.73 Å². The predicted molar refractivity (Wildman–Crippen MR) is 89.2 cm³/mol. The molecule has 2 atom stereocenters. The van der Waals surface area contributed by atoms with E-state index >= 15 is 0 Å². The van der Waals surface area contributed by atoms with E-state index in [1.807, 2.05) is 30.3 Å². The van der Waals surface area contributed by atoms with Gasteiger partial charge in [0.2, 0.25) is 0 Å². The van der Waals surface area contributed by atoms with Crippen LogP contribution in [0.3, 0.4) is 0 Å². The normalized spacial score (nSPS) is 22.6. The summed E-state index contributed by atoms with van der Waals surface area (Å²) in [5.74, 6) is 0. The van der Waals surface area contributed by atoms with Crippen LogP contribution in [0.5, 0.6) is 0 Å². The summed E-state index contributed by atoms with van der Waals surface area (Å²) >= 11 is 3.44. The zero-order chi connectivity index (χ0) is 14.9. The van der Waals surface area contributed by atoms with Crippen LogP contribution in [0.25, 0.3) is 0 Å². The van der Waals surface area contributed by atoms with Gasteiger partial charge in [-0.25, -0.2) is 0 Å². The second-order valence-electron chi connectivity index (χ2n) is 5.83. The first-order chi connectivity index (χ1) is 10.2. The molecule has 3 heteroatoms. The van der Waals surface area contributed by atoms with Crippen LogP contribution in [0.4, 0.5) is 0 Å². The number of hydrogen-bond acceptors (Lipinski definition) is 2. The Morgan fingerprint density at radius 2 is 1.86 bits per heavy atom. The van der Waals surface area contributed by atoms with Crippen molar-refractivity contribution in [3.63, 3.8) is 0 Å². The van der Waals surface area contributed by atoms with Crippen LogP contribution in [-0.4, -0.2) is 11.7 Å². The van der Waals surface area contributed by atoms with Crippen LogP contribution >= 0.6 is 15.9 Å². The summed E-state index contributed by atoms with van der Waals surface area (Å²) in [6.07, 6.45) is 2.50. The summed E-state index contributed by atoms with van der Waals surface area (Å²) in [5.41, 5.74) is 9.25. The standard InChI is InChI=1S/C18H20BrNO/c19-15-9-7-14(8-10-15)17(21)18(12-20)11-3-5-13-4-1-2-6-16(13)18/h1-2,4,6-10,17,21H,3,5,11-12,20H2. The Morgan fingerprint density at radius 3 is 2.57 bits per heavy atom. The Kier molecular flexibility index (Phi) is 4.16. The van der Waals surface area contributed by atoms with E-state index in [1.165, 1.54) is 11.1 Å². The fraction of sp³-hybridized carbons (Fsp3) is 0.333. The zero-order valence-corrected chi connectivity index (χ0v) is 13.5. The summed E-state index contributed by atoms with van der Waals surface area (Å²) in [6, 6.07) is 16.3. The van der Waals surface area contributed by atoms with Gasteiger partial charge in [0, 0.05) is 16.4 Å². The smallest absolute Gasteiger partial charge is 0.0898 e. The van der Waals surface area contributed by atoms with E-state index in [-0.39, 0.29) is 5.41 Å². The van der Waals surface area contributed by atoms with Gasteiger partial charge in [0.15, 0.2) is 0 Å². The highest BCUT2D eigenvalue weighted by Gasteiger charge is 2.42. The Bertz CT molecular complexity index is 625. The van der Waals surface area contributed by atoms with Crippen LogP contribution in [0.15, 0.2) is 53.0 Å². The number of aliphatic hydroxyl groups is 1. The van der Waals surface area contributed by atoms with Gasteiger partial charge in [-0.15, -0.1) is 0 Å². The molecule has 0 saturated carbocycles. The number of fused-ring (bicyclic) bond motifs is 1. The maximum atomic E-state index is 11.0. The average Bonchev–Trinajstić information content (AvgIpc) is 2.54. The van der Waals surface area contributed by atoms with E-state index in [1.54, 1.807) is 0 Å². The molecule has 1 aliphatic carbocycles. The van der Waals surface area contributed by atoms with Crippen LogP contribution in [0, 0.1) is 0 Å². The lowest BCUT2D eigenvalue weighted by molar-refractivity contribution is 0.0718. The van der Waals surface area contributed by atoms with Crippen molar-refractivity contribution in [2.75, 3.05) is 6.54 Å². The number of nitrogens with two attached hydrogens (primary N) is 1. The Hall–Kier alpha value is -1.16. The largest absolute Gasteiger partial charge is 0.387 e. The highest BCUT2D eigenvalue weighted by Crippen LogP contribution is 2.45. The Morgan fingerprint density at radius 1 is 1.14 bits per heavy atom. The number of halogens is 1. The molecule has 0 aliphatic heterocycles. The van der Waals surface area contributed by atoms with E-state index in [0.29, 0.717) is 6.54 Å². The zero-order valence-electron chi connectivity index (χ0n) is 11.9. The van der Waals surface area contributed by atoms with Gasteiger partial charge in [0.05, 0.1) is 6.10 Å². The summed E-state index contributed by atoms with van der Waals surface area (Å²) in [5, 5.41) is 11.0. The minimum Gasteiger partial charge on any atom is -0.387 e. The Labute approximate surface area is 134 Å². The van der Waals surface area contributed by atoms with Crippen molar-refractivity contribution < 1.29 is 5.11 Å². The molecule has 3 N–H and O–H groups in total. The minimum absolute atomic E-state index is 0.372. The van der Waals surface area contributed by atoms with E-state index in [2.05, 4.69) is 34.1 Å². The first-order valence-electron chi connectivity index (χ1n) is 7.39. The third-order valence-corrected chi connectivity index (χ3v) is 5.22. The third-order valence-electron chi connectivity index (χ3n) is 4.70. The van der Waals surface area contributed by atoms with Crippen LogP contribution < -0.4 is 5.73 Å². The van der Waals surface area contributed by atoms with Crippen LogP contribution in [0.2, 0.25) is 0 Å². The molecule has 3 rings (SSSR count). The van der Waals surface area contributed by atoms with E-state index in [0.717, 1.165) is 29.3 Å². The minimum atomic E-state index is -0.572. The average molecular weight is 346 g/mol. The van der Waals surface area contributed by atoms with Gasteiger partial charge in [-0.05, 0) is 48.1 Å². The van der Waals surface area contributed by atoms with Crippen LogP contribution in [-0.2, 0) is 11.8 Å². The highest BCUT2D eigenvalue weighted by molar-refractivity contribution is 9.10. The lowest BCUT2D eigenvalue weighted by atomic mass is 9.65. The van der Waals surface area contributed by atoms with E-state index in [9.17, 15) is 5.11 Å². The first-order valence-corrected chi connectivity index (χ1v) is 8.19. The number of hydrogen-bond donors (Lipinski definition) is 2. The molecule has 0 fully saturated rings. The third kappa shape index (κ3) is 2.54. The molecular weight excluding hydrogens is 326 g/mol. The van der Waals surface area contributed by atoms with Crippen molar-refractivity contribution in [3.8, 4) is 0 Å². The maximum Gasteiger partial charge on any atom is 0.0898 e. The topological polar surface area (TPSA) is 46.2 Å². The van der Waals surface area contributed by atoms with Crippen molar-refractivity contribution in [1.82, 2.24) is 0 Å². The molecule has 110 valence electrons. The molecule has 0 amide bonds. The summed E-state index contributed by atoms with van der Waals surface area (Å²) < 4.78 is 1.02. The maximum absolute atomic E-state index is 11.0. The highest BCUT2D eigenvalue weighted by atomic mass is 79.9. The fourth-order valence-corrected chi connectivity index (χ4v) is 3.79. The Balaban J connectivity index is 2.07. The second kappa shape index (κ2) is 5.91. The molecule has 0 saturated heterocycles. The summed E-state index contributed by atoms with van der Waals surface area (Å²) in [7, 11) is 0. The SMILES string of the molecule is NCC1(C(O)c2ccc(Br)cc2)CCCc2ccccc21. The van der Waals surface area contributed by atoms with Crippen molar-refractivity contribution in [2.45, 2.75) is 30.8 Å². The van der Waals surface area contributed by atoms with Gasteiger partial charge in [-0.2, -0.15) is 0 Å². The van der Waals surface area contributed by atoms with Crippen molar-refractivity contribution in [1.29, 1.82) is 0 Å². The molecule has 1 aliphatic rings. The number of aryl methyl sites for hydroxylation is 1. The fourth-order valence-electron chi connectivity index (χ4n) is 3.52. The number of benzene rings is 2. The molecule has 0 heterocycles. The second-order valence-corrected chi connectivity index (χ2v) is 6.74. The molecule has 2 aromatic rings. The predicted octanol–water partition coefficient (Wildman–Crippen LogP) is 3.72. The van der Waals surface area contributed by atoms with Crippen molar-refractivity contribution in [3.05, 3.63) is 69.7 Å².